The van der Waals surface area contributed by atoms with Crippen molar-refractivity contribution in [1.82, 2.24) is 10.7 Å². The van der Waals surface area contributed by atoms with Gasteiger partial charge in [-0.1, -0.05) is 0 Å². The minimum absolute atomic E-state index is 0.00292. The first-order valence-electron chi connectivity index (χ1n) is 3.90. The summed E-state index contributed by atoms with van der Waals surface area (Å²) in [6, 6.07) is 0. The monoisotopic (exact) mass is 173 g/mol. The Morgan fingerprint density at radius 1 is 1.17 bits per heavy atom. The molecule has 2 amide bonds. The smallest absolute Gasteiger partial charge is 0.233 e. The van der Waals surface area contributed by atoms with Crippen LogP contribution < -0.4 is 16.6 Å². The molecule has 0 aromatic carbocycles. The lowest BCUT2D eigenvalue weighted by atomic mass is 10.2. The van der Waals surface area contributed by atoms with Crippen LogP contribution in [0.2, 0.25) is 0 Å². The van der Waals surface area contributed by atoms with Crippen LogP contribution in [0.5, 0.6) is 0 Å². The Morgan fingerprint density at radius 2 is 1.67 bits per heavy atom. The molecule has 0 aliphatic rings. The molecule has 0 rings (SSSR count). The maximum Gasteiger partial charge on any atom is 0.233 e. The molecule has 12 heavy (non-hydrogen) atoms. The average molecular weight is 173 g/mol. The van der Waals surface area contributed by atoms with Crippen molar-refractivity contribution in [1.29, 1.82) is 0 Å². The molecule has 70 valence electrons. The van der Waals surface area contributed by atoms with E-state index in [1.54, 1.807) is 7.05 Å². The number of unbranched alkanes of at least 4 members (excludes halogenated alkanes) is 1. The largest absolute Gasteiger partial charge is 0.359 e. The van der Waals surface area contributed by atoms with Gasteiger partial charge in [-0.05, 0) is 12.8 Å². The van der Waals surface area contributed by atoms with Gasteiger partial charge < -0.3 is 5.32 Å². The number of hydrogen-bond donors (Lipinski definition) is 3. The molecule has 0 aromatic heterocycles. The third kappa shape index (κ3) is 5.67. The third-order valence-corrected chi connectivity index (χ3v) is 1.50. The van der Waals surface area contributed by atoms with Gasteiger partial charge in [0.2, 0.25) is 11.8 Å². The van der Waals surface area contributed by atoms with Crippen molar-refractivity contribution < 1.29 is 9.59 Å². The second-order valence-corrected chi connectivity index (χ2v) is 2.45. The molecule has 5 nitrogen and oxygen atoms in total. The van der Waals surface area contributed by atoms with E-state index < -0.39 is 0 Å². The number of amides is 2. The highest BCUT2D eigenvalue weighted by Crippen LogP contribution is 1.98. The highest BCUT2D eigenvalue weighted by molar-refractivity contribution is 5.76. The summed E-state index contributed by atoms with van der Waals surface area (Å²) in [6.45, 7) is 0. The summed E-state index contributed by atoms with van der Waals surface area (Å²) in [5, 5.41) is 2.50. The van der Waals surface area contributed by atoms with Crippen LogP contribution in [0.15, 0.2) is 0 Å². The summed E-state index contributed by atoms with van der Waals surface area (Å²) in [5.74, 6) is 4.68. The molecule has 0 bridgehead atoms. The van der Waals surface area contributed by atoms with Crippen molar-refractivity contribution in [2.45, 2.75) is 25.7 Å². The van der Waals surface area contributed by atoms with E-state index in [0.29, 0.717) is 25.7 Å². The van der Waals surface area contributed by atoms with E-state index >= 15 is 0 Å². The number of hydrogen-bond acceptors (Lipinski definition) is 3. The Hall–Kier alpha value is -1.10. The van der Waals surface area contributed by atoms with Crippen LogP contribution in [0.3, 0.4) is 0 Å². The molecule has 0 saturated heterocycles. The molecule has 0 aromatic rings. The Bertz CT molecular complexity index is 141. The van der Waals surface area contributed by atoms with E-state index in [9.17, 15) is 9.59 Å². The SMILES string of the molecule is CNC(=O)CCCCC(=O)NN. The van der Waals surface area contributed by atoms with Crippen LogP contribution in [0.25, 0.3) is 0 Å². The van der Waals surface area contributed by atoms with Crippen LogP contribution in [-0.4, -0.2) is 18.9 Å². The first kappa shape index (κ1) is 10.9. The first-order chi connectivity index (χ1) is 5.70. The number of hydrazine groups is 1. The molecule has 0 spiro atoms. The molecule has 0 unspecified atom stereocenters. The van der Waals surface area contributed by atoms with Crippen molar-refractivity contribution >= 4 is 11.8 Å². The highest BCUT2D eigenvalue weighted by Gasteiger charge is 2.00. The van der Waals surface area contributed by atoms with Crippen molar-refractivity contribution in [2.24, 2.45) is 5.84 Å². The lowest BCUT2D eigenvalue weighted by Crippen LogP contribution is -2.29. The minimum Gasteiger partial charge on any atom is -0.359 e. The zero-order valence-corrected chi connectivity index (χ0v) is 7.22. The van der Waals surface area contributed by atoms with Gasteiger partial charge in [-0.3, -0.25) is 15.0 Å². The van der Waals surface area contributed by atoms with Crippen molar-refractivity contribution in [2.75, 3.05) is 7.05 Å². The summed E-state index contributed by atoms with van der Waals surface area (Å²) < 4.78 is 0. The second kappa shape index (κ2) is 6.60. The van der Waals surface area contributed by atoms with Gasteiger partial charge in [0.25, 0.3) is 0 Å². The molecule has 0 aliphatic carbocycles. The Morgan fingerprint density at radius 3 is 2.08 bits per heavy atom. The maximum absolute atomic E-state index is 10.7. The first-order valence-corrected chi connectivity index (χ1v) is 3.90. The summed E-state index contributed by atoms with van der Waals surface area (Å²) in [5.41, 5.74) is 2.03. The summed E-state index contributed by atoms with van der Waals surface area (Å²) in [6.07, 6.45) is 2.26. The van der Waals surface area contributed by atoms with Crippen molar-refractivity contribution in [3.05, 3.63) is 0 Å². The van der Waals surface area contributed by atoms with Gasteiger partial charge in [0.15, 0.2) is 0 Å². The Kier molecular flexibility index (Phi) is 6.00. The molecule has 4 N–H and O–H groups in total. The van der Waals surface area contributed by atoms with E-state index in [0.717, 1.165) is 0 Å². The normalized spacial score (nSPS) is 9.17. The Balaban J connectivity index is 3.21. The van der Waals surface area contributed by atoms with Gasteiger partial charge in [-0.2, -0.15) is 0 Å². The van der Waals surface area contributed by atoms with Gasteiger partial charge in [0, 0.05) is 19.9 Å². The predicted octanol–water partition coefficient (Wildman–Crippen LogP) is -0.717. The van der Waals surface area contributed by atoms with Crippen LogP contribution >= 0.6 is 0 Å². The number of carbonyl (C=O) groups excluding carboxylic acids is 2. The standard InChI is InChI=1S/C7H15N3O2/c1-9-6(11)4-2-3-5-7(12)10-8/h2-5,8H2,1H3,(H,9,11)(H,10,12). The van der Waals surface area contributed by atoms with Crippen LogP contribution in [0.4, 0.5) is 0 Å². The molecule has 0 aliphatic heterocycles. The number of rotatable bonds is 5. The molecule has 5 heteroatoms. The fourth-order valence-electron chi connectivity index (χ4n) is 0.768. The third-order valence-electron chi connectivity index (χ3n) is 1.50. The second-order valence-electron chi connectivity index (χ2n) is 2.45. The number of nitrogens with one attached hydrogen (secondary N) is 2. The van der Waals surface area contributed by atoms with Gasteiger partial charge in [0.1, 0.15) is 0 Å². The van der Waals surface area contributed by atoms with Gasteiger partial charge in [-0.25, -0.2) is 5.84 Å². The number of nitrogens with two attached hydrogens (primary N) is 1. The van der Waals surface area contributed by atoms with Gasteiger partial charge in [0.05, 0.1) is 0 Å². The molecular weight excluding hydrogens is 158 g/mol. The van der Waals surface area contributed by atoms with Crippen LogP contribution in [-0.2, 0) is 9.59 Å². The number of carbonyl (C=O) groups is 2. The molecule has 0 heterocycles. The lowest BCUT2D eigenvalue weighted by molar-refractivity contribution is -0.122. The molecule has 0 radical (unpaired) electrons. The van der Waals surface area contributed by atoms with E-state index in [-0.39, 0.29) is 11.8 Å². The molecule has 0 fully saturated rings. The summed E-state index contributed by atoms with van der Waals surface area (Å²) in [4.78, 5) is 21.3. The predicted molar refractivity (Wildman–Crippen MR) is 44.9 cm³/mol. The van der Waals surface area contributed by atoms with Crippen LogP contribution in [0, 0.1) is 0 Å². The summed E-state index contributed by atoms with van der Waals surface area (Å²) in [7, 11) is 1.59. The topological polar surface area (TPSA) is 84.2 Å². The van der Waals surface area contributed by atoms with E-state index in [1.807, 2.05) is 5.43 Å². The van der Waals surface area contributed by atoms with Gasteiger partial charge >= 0.3 is 0 Å². The lowest BCUT2D eigenvalue weighted by Gasteiger charge is -1.99. The fraction of sp³-hybridized carbons (Fsp3) is 0.714. The van der Waals surface area contributed by atoms with E-state index in [2.05, 4.69) is 5.32 Å². The zero-order valence-electron chi connectivity index (χ0n) is 7.22. The van der Waals surface area contributed by atoms with Crippen molar-refractivity contribution in [3.63, 3.8) is 0 Å². The van der Waals surface area contributed by atoms with E-state index in [4.69, 9.17) is 5.84 Å². The zero-order chi connectivity index (χ0) is 9.40. The minimum atomic E-state index is -0.188. The Labute approximate surface area is 71.7 Å². The summed E-state index contributed by atoms with van der Waals surface area (Å²) >= 11 is 0. The van der Waals surface area contributed by atoms with Crippen molar-refractivity contribution in [3.8, 4) is 0 Å². The average Bonchev–Trinajstić information content (AvgIpc) is 2.11. The quantitative estimate of drug-likeness (QED) is 0.222. The maximum atomic E-state index is 10.7. The van der Waals surface area contributed by atoms with Gasteiger partial charge in [-0.15, -0.1) is 0 Å². The van der Waals surface area contributed by atoms with Crippen LogP contribution in [0.1, 0.15) is 25.7 Å². The molecular formula is C7H15N3O2. The molecule has 0 saturated carbocycles. The fourth-order valence-corrected chi connectivity index (χ4v) is 0.768. The molecule has 0 atom stereocenters. The van der Waals surface area contributed by atoms with E-state index in [1.165, 1.54) is 0 Å². The highest BCUT2D eigenvalue weighted by atomic mass is 16.2.